The number of carbonyl (C=O) groups excluding carboxylic acids is 1. The highest BCUT2D eigenvalue weighted by Crippen LogP contribution is 2.24. The molecule has 4 rings (SSSR count). The first-order valence-electron chi connectivity index (χ1n) is 9.56. The van der Waals surface area contributed by atoms with Gasteiger partial charge in [0, 0.05) is 36.0 Å². The molecule has 2 aromatic heterocycles. The van der Waals surface area contributed by atoms with E-state index in [1.165, 1.54) is 0 Å². The van der Waals surface area contributed by atoms with Crippen LogP contribution in [0.2, 0.25) is 0 Å². The van der Waals surface area contributed by atoms with Crippen LogP contribution >= 0.6 is 0 Å². The first-order valence-corrected chi connectivity index (χ1v) is 9.56. The Morgan fingerprint density at radius 3 is 2.90 bits per heavy atom. The van der Waals surface area contributed by atoms with Gasteiger partial charge in [-0.3, -0.25) is 9.78 Å². The fraction of sp³-hybridized carbons (Fsp3) is 0.318. The fourth-order valence-corrected chi connectivity index (χ4v) is 3.36. The maximum absolute atomic E-state index is 13.0. The Morgan fingerprint density at radius 2 is 2.14 bits per heavy atom. The second-order valence-corrected chi connectivity index (χ2v) is 7.21. The van der Waals surface area contributed by atoms with Crippen molar-refractivity contribution in [3.8, 4) is 5.75 Å². The van der Waals surface area contributed by atoms with Crippen LogP contribution in [0.4, 0.5) is 0 Å². The van der Waals surface area contributed by atoms with Crippen LogP contribution in [0.25, 0.3) is 11.0 Å². The molecule has 0 aliphatic carbocycles. The summed E-state index contributed by atoms with van der Waals surface area (Å²) in [5, 5.41) is 0.668. The van der Waals surface area contributed by atoms with Gasteiger partial charge >= 0.3 is 5.63 Å². The van der Waals surface area contributed by atoms with E-state index in [1.807, 2.05) is 26.0 Å². The van der Waals surface area contributed by atoms with Crippen molar-refractivity contribution in [2.75, 3.05) is 19.7 Å². The summed E-state index contributed by atoms with van der Waals surface area (Å²) in [6.45, 7) is 4.99. The number of ether oxygens (including phenoxy) is 2. The van der Waals surface area contributed by atoms with Crippen LogP contribution in [-0.2, 0) is 4.74 Å². The molecule has 0 radical (unpaired) electrons. The molecule has 1 aromatic carbocycles. The minimum absolute atomic E-state index is 0.00843. The van der Waals surface area contributed by atoms with Crippen LogP contribution in [0.3, 0.4) is 0 Å². The Morgan fingerprint density at radius 1 is 1.28 bits per heavy atom. The molecule has 1 unspecified atom stereocenters. The second-order valence-electron chi connectivity index (χ2n) is 7.21. The van der Waals surface area contributed by atoms with Crippen molar-refractivity contribution in [3.63, 3.8) is 0 Å². The van der Waals surface area contributed by atoms with Gasteiger partial charge in [-0.05, 0) is 38.1 Å². The second kappa shape index (κ2) is 8.05. The third-order valence-electron chi connectivity index (χ3n) is 4.72. The van der Waals surface area contributed by atoms with Crippen molar-refractivity contribution in [1.82, 2.24) is 9.88 Å². The lowest BCUT2D eigenvalue weighted by Crippen LogP contribution is -2.43. The molecule has 29 heavy (non-hydrogen) atoms. The van der Waals surface area contributed by atoms with Gasteiger partial charge in [0.15, 0.2) is 0 Å². The number of carbonyl (C=O) groups is 1. The lowest BCUT2D eigenvalue weighted by Gasteiger charge is -2.32. The molecule has 0 spiro atoms. The minimum atomic E-state index is -0.659. The third kappa shape index (κ3) is 4.14. The quantitative estimate of drug-likeness (QED) is 0.632. The number of rotatable bonds is 4. The lowest BCUT2D eigenvalue weighted by molar-refractivity contribution is -0.0230. The zero-order chi connectivity index (χ0) is 20.4. The number of fused-ring (bicyclic) bond motifs is 1. The summed E-state index contributed by atoms with van der Waals surface area (Å²) in [5.41, 5.74) is 0.642. The van der Waals surface area contributed by atoms with Crippen LogP contribution in [0, 0.1) is 0 Å². The molecule has 150 valence electrons. The lowest BCUT2D eigenvalue weighted by atomic mass is 10.1. The average molecular weight is 394 g/mol. The summed E-state index contributed by atoms with van der Waals surface area (Å²) in [4.78, 5) is 31.3. The Labute approximate surface area is 167 Å². The van der Waals surface area contributed by atoms with Crippen LogP contribution in [0.5, 0.6) is 5.75 Å². The first kappa shape index (κ1) is 19.1. The molecule has 1 aliphatic heterocycles. The van der Waals surface area contributed by atoms with Crippen molar-refractivity contribution >= 4 is 16.9 Å². The molecule has 3 aromatic rings. The van der Waals surface area contributed by atoms with E-state index in [1.54, 1.807) is 41.6 Å². The van der Waals surface area contributed by atoms with E-state index in [4.69, 9.17) is 13.9 Å². The van der Waals surface area contributed by atoms with E-state index in [2.05, 4.69) is 4.98 Å². The van der Waals surface area contributed by atoms with E-state index in [-0.39, 0.29) is 23.7 Å². The Kier molecular flexibility index (Phi) is 5.31. The summed E-state index contributed by atoms with van der Waals surface area (Å²) in [7, 11) is 0. The number of hydrogen-bond donors (Lipinski definition) is 0. The molecular formula is C22H22N2O5. The molecule has 7 heteroatoms. The van der Waals surface area contributed by atoms with E-state index in [0.717, 1.165) is 5.56 Å². The van der Waals surface area contributed by atoms with Gasteiger partial charge in [-0.15, -0.1) is 0 Å². The summed E-state index contributed by atoms with van der Waals surface area (Å²) in [6, 6.07) is 10.6. The monoisotopic (exact) mass is 394 g/mol. The summed E-state index contributed by atoms with van der Waals surface area (Å²) in [6.07, 6.45) is 3.14. The van der Waals surface area contributed by atoms with Gasteiger partial charge in [0.2, 0.25) is 0 Å². The summed E-state index contributed by atoms with van der Waals surface area (Å²) < 4.78 is 16.8. The highest BCUT2D eigenvalue weighted by Gasteiger charge is 2.28. The number of amides is 1. The fourth-order valence-electron chi connectivity index (χ4n) is 3.36. The van der Waals surface area contributed by atoms with Gasteiger partial charge in [0.25, 0.3) is 5.91 Å². The van der Waals surface area contributed by atoms with Gasteiger partial charge in [-0.1, -0.05) is 6.07 Å². The van der Waals surface area contributed by atoms with Crippen molar-refractivity contribution < 1.29 is 18.7 Å². The molecule has 0 N–H and O–H groups in total. The minimum Gasteiger partial charge on any atom is -0.491 e. The highest BCUT2D eigenvalue weighted by atomic mass is 16.5. The predicted octanol–water partition coefficient (Wildman–Crippen LogP) is 3.19. The third-order valence-corrected chi connectivity index (χ3v) is 4.72. The number of pyridine rings is 1. The van der Waals surface area contributed by atoms with Gasteiger partial charge in [0.1, 0.15) is 23.0 Å². The molecule has 1 fully saturated rings. The predicted molar refractivity (Wildman–Crippen MR) is 107 cm³/mol. The van der Waals surface area contributed by atoms with Crippen molar-refractivity contribution in [3.05, 3.63) is 70.3 Å². The number of aromatic nitrogens is 1. The summed E-state index contributed by atoms with van der Waals surface area (Å²) >= 11 is 0. The molecule has 1 atom stereocenters. The zero-order valence-electron chi connectivity index (χ0n) is 16.3. The number of hydrogen-bond acceptors (Lipinski definition) is 6. The van der Waals surface area contributed by atoms with Crippen LogP contribution in [0.15, 0.2) is 58.0 Å². The van der Waals surface area contributed by atoms with E-state index < -0.39 is 5.63 Å². The summed E-state index contributed by atoms with van der Waals surface area (Å²) in [5.74, 6) is 0.252. The van der Waals surface area contributed by atoms with Crippen LogP contribution in [-0.4, -0.2) is 41.6 Å². The van der Waals surface area contributed by atoms with Gasteiger partial charge in [-0.2, -0.15) is 0 Å². The maximum Gasteiger partial charge on any atom is 0.349 e. The normalized spacial score (nSPS) is 16.9. The number of benzene rings is 1. The molecule has 1 saturated heterocycles. The van der Waals surface area contributed by atoms with Crippen molar-refractivity contribution in [1.29, 1.82) is 0 Å². The van der Waals surface area contributed by atoms with Crippen molar-refractivity contribution in [2.24, 2.45) is 0 Å². The average Bonchev–Trinajstić information content (AvgIpc) is 2.73. The molecule has 0 saturated carbocycles. The van der Waals surface area contributed by atoms with Gasteiger partial charge in [0.05, 0.1) is 19.3 Å². The van der Waals surface area contributed by atoms with Crippen LogP contribution in [0.1, 0.15) is 35.9 Å². The topological polar surface area (TPSA) is 81.9 Å². The molecule has 3 heterocycles. The first-order chi connectivity index (χ1) is 14.0. The van der Waals surface area contributed by atoms with Gasteiger partial charge < -0.3 is 18.8 Å². The molecule has 1 aliphatic rings. The van der Waals surface area contributed by atoms with E-state index in [9.17, 15) is 9.59 Å². The Balaban J connectivity index is 1.59. The molecular weight excluding hydrogens is 372 g/mol. The van der Waals surface area contributed by atoms with Gasteiger partial charge in [-0.25, -0.2) is 4.79 Å². The number of morpholine rings is 1. The van der Waals surface area contributed by atoms with E-state index >= 15 is 0 Å². The van der Waals surface area contributed by atoms with Crippen LogP contribution < -0.4 is 10.4 Å². The highest BCUT2D eigenvalue weighted by molar-refractivity contribution is 5.96. The zero-order valence-corrected chi connectivity index (χ0v) is 16.3. The SMILES string of the molecule is CC(C)Oc1ccc2cc(C(=O)N3CCOC(c4cccnc4)C3)c(=O)oc2c1. The smallest absolute Gasteiger partial charge is 0.349 e. The largest absolute Gasteiger partial charge is 0.491 e. The van der Waals surface area contributed by atoms with E-state index in [0.29, 0.717) is 36.4 Å². The molecule has 0 bridgehead atoms. The molecule has 1 amide bonds. The molecule has 7 nitrogen and oxygen atoms in total. The Bertz CT molecular complexity index is 1080. The number of nitrogens with zero attached hydrogens (tertiary/aromatic N) is 2. The van der Waals surface area contributed by atoms with Crippen molar-refractivity contribution in [2.45, 2.75) is 26.1 Å². The standard InChI is InChI=1S/C22H22N2O5/c1-14(2)28-17-6-5-15-10-18(22(26)29-19(15)11-17)21(25)24-8-9-27-20(13-24)16-4-3-7-23-12-16/h3-7,10-12,14,20H,8-9,13H2,1-2H3. The Hall–Kier alpha value is -3.19. The maximum atomic E-state index is 13.0.